The molecule has 0 bridgehead atoms. The van der Waals surface area contributed by atoms with E-state index in [1.54, 1.807) is 0 Å². The summed E-state index contributed by atoms with van der Waals surface area (Å²) in [5.41, 5.74) is 24.9. The van der Waals surface area contributed by atoms with Crippen molar-refractivity contribution in [2.75, 3.05) is 0 Å². The zero-order valence-electron chi connectivity index (χ0n) is 50.7. The quantitative estimate of drug-likeness (QED) is 0.152. The van der Waals surface area contributed by atoms with E-state index in [1.807, 2.05) is 22.7 Å². The van der Waals surface area contributed by atoms with Gasteiger partial charge in [-0.25, -0.2) is 0 Å². The van der Waals surface area contributed by atoms with Crippen LogP contribution in [-0.4, -0.2) is 9.13 Å². The van der Waals surface area contributed by atoms with Crippen molar-refractivity contribution in [2.45, 2.75) is 0 Å². The van der Waals surface area contributed by atoms with Gasteiger partial charge in [0.2, 0.25) is 0 Å². The van der Waals surface area contributed by atoms with E-state index in [-0.39, 0.29) is 0 Å². The van der Waals surface area contributed by atoms with Crippen LogP contribution in [0, 0.1) is 0 Å². The van der Waals surface area contributed by atoms with Crippen LogP contribution >= 0.6 is 22.7 Å². The SMILES string of the molecule is c1ccc(-c2ccc3sc4c(-c5ccc(-c6cccc7c6oc6c8ccccc8n(-c8ccccc8)c76)cc5)cccc4c3c2)cc1.c1ccc(-c2cccc3c2sc2cccc(-c4ccc(-c5cccc6c5oc5c7ccccc7n(-c7ccccc7)c65)cc4)c23)cc1. The largest absolute Gasteiger partial charge is 0.453 e. The summed E-state index contributed by atoms with van der Waals surface area (Å²) in [6.07, 6.45) is 0. The second-order valence-corrected chi connectivity index (χ2v) is 26.2. The Labute approximate surface area is 548 Å². The summed E-state index contributed by atoms with van der Waals surface area (Å²) in [7, 11) is 0. The van der Waals surface area contributed by atoms with Gasteiger partial charge in [0, 0.05) is 84.4 Å². The predicted octanol–water partition coefficient (Wildman–Crippen LogP) is 25.8. The Bertz CT molecular complexity index is 6310. The lowest BCUT2D eigenvalue weighted by molar-refractivity contribution is 0.673. The summed E-state index contributed by atoms with van der Waals surface area (Å²) in [6.45, 7) is 0. The third-order valence-electron chi connectivity index (χ3n) is 18.9. The number of thiophene rings is 2. The molecular formula is C88H54N2O2S2. The van der Waals surface area contributed by atoms with E-state index < -0.39 is 0 Å². The first-order valence-corrected chi connectivity index (χ1v) is 33.5. The van der Waals surface area contributed by atoms with E-state index in [2.05, 4.69) is 337 Å². The minimum absolute atomic E-state index is 0.917. The van der Waals surface area contributed by atoms with Crippen LogP contribution in [0.3, 0.4) is 0 Å². The number of para-hydroxylation sites is 6. The molecule has 0 fully saturated rings. The second kappa shape index (κ2) is 22.0. The summed E-state index contributed by atoms with van der Waals surface area (Å²) in [5.74, 6) is 0. The fourth-order valence-corrected chi connectivity index (χ4v) is 17.0. The predicted molar refractivity (Wildman–Crippen MR) is 400 cm³/mol. The molecule has 94 heavy (non-hydrogen) atoms. The normalized spacial score (nSPS) is 11.8. The number of hydrogen-bond donors (Lipinski definition) is 0. The van der Waals surface area contributed by atoms with Gasteiger partial charge in [0.25, 0.3) is 0 Å². The summed E-state index contributed by atoms with van der Waals surface area (Å²) in [5, 5.41) is 9.73. The molecule has 440 valence electrons. The molecule has 0 aliphatic heterocycles. The van der Waals surface area contributed by atoms with E-state index in [9.17, 15) is 0 Å². The molecule has 20 rings (SSSR count). The highest BCUT2D eigenvalue weighted by Gasteiger charge is 2.24. The molecule has 4 nitrogen and oxygen atoms in total. The van der Waals surface area contributed by atoms with Gasteiger partial charge in [0.05, 0.1) is 11.0 Å². The minimum atomic E-state index is 0.917. The number of fused-ring (bicyclic) bond motifs is 16. The molecule has 0 atom stereocenters. The summed E-state index contributed by atoms with van der Waals surface area (Å²) < 4.78 is 23.5. The number of aromatic nitrogens is 2. The first-order valence-electron chi connectivity index (χ1n) is 31.9. The average Bonchev–Trinajstić information content (AvgIpc) is 1.58. The van der Waals surface area contributed by atoms with Gasteiger partial charge in [-0.3, -0.25) is 0 Å². The lowest BCUT2D eigenvalue weighted by Gasteiger charge is -2.09. The van der Waals surface area contributed by atoms with Crippen molar-refractivity contribution in [3.63, 3.8) is 0 Å². The summed E-state index contributed by atoms with van der Waals surface area (Å²) in [4.78, 5) is 0. The van der Waals surface area contributed by atoms with Crippen LogP contribution in [0.5, 0.6) is 0 Å². The molecule has 6 heterocycles. The van der Waals surface area contributed by atoms with Crippen LogP contribution in [0.15, 0.2) is 336 Å². The number of nitrogens with zero attached hydrogens (tertiary/aromatic N) is 2. The van der Waals surface area contributed by atoms with Gasteiger partial charge in [-0.2, -0.15) is 0 Å². The molecule has 0 radical (unpaired) electrons. The van der Waals surface area contributed by atoms with Crippen molar-refractivity contribution in [3.8, 4) is 78.1 Å². The monoisotopic (exact) mass is 1230 g/mol. The van der Waals surface area contributed by atoms with Crippen molar-refractivity contribution in [2.24, 2.45) is 0 Å². The van der Waals surface area contributed by atoms with Crippen LogP contribution in [0.25, 0.3) is 184 Å². The smallest absolute Gasteiger partial charge is 0.161 e. The minimum Gasteiger partial charge on any atom is -0.453 e. The molecule has 14 aromatic carbocycles. The first kappa shape index (κ1) is 54.0. The maximum Gasteiger partial charge on any atom is 0.161 e. The first-order chi connectivity index (χ1) is 46.6. The fourth-order valence-electron chi connectivity index (χ4n) is 14.6. The molecule has 0 saturated carbocycles. The Morgan fingerprint density at radius 2 is 0.596 bits per heavy atom. The molecule has 0 N–H and O–H groups in total. The number of furan rings is 2. The molecular weight excluding hydrogens is 1180 g/mol. The van der Waals surface area contributed by atoms with Gasteiger partial charge < -0.3 is 18.0 Å². The standard InChI is InChI=1S/2C44H27NOS/c1-3-12-28(13-4-1)34-19-10-20-36-40-32(17-11-23-39(40)47-44(34)36)29-24-26-30(27-25-29)33-18-9-21-37-41-43(46-42(33)37)35-16-7-8-22-38(35)45(41)31-14-5-2-6-15-31;1-3-11-28(12-4-1)31-25-26-40-38(27-31)35-18-10-17-34(44(35)47-40)30-23-21-29(22-24-30)33-16-9-19-37-41-43(46-42(33)37)36-15-7-8-20-39(36)45(41)32-13-5-2-6-14-32/h2*1-27H. The van der Waals surface area contributed by atoms with Crippen molar-refractivity contribution in [1.82, 2.24) is 9.13 Å². The second-order valence-electron chi connectivity index (χ2n) is 24.1. The maximum atomic E-state index is 6.79. The molecule has 20 aromatic rings. The highest BCUT2D eigenvalue weighted by atomic mass is 32.1. The van der Waals surface area contributed by atoms with Gasteiger partial charge in [0.1, 0.15) is 22.2 Å². The topological polar surface area (TPSA) is 36.1 Å². The fraction of sp³-hybridized carbons (Fsp3) is 0. The molecule has 6 heteroatoms. The van der Waals surface area contributed by atoms with Gasteiger partial charge >= 0.3 is 0 Å². The van der Waals surface area contributed by atoms with Crippen molar-refractivity contribution >= 4 is 129 Å². The average molecular weight is 1240 g/mol. The molecule has 0 aliphatic carbocycles. The Hall–Kier alpha value is -11.8. The third-order valence-corrected chi connectivity index (χ3v) is 21.3. The summed E-state index contributed by atoms with van der Waals surface area (Å²) >= 11 is 3.76. The van der Waals surface area contributed by atoms with Crippen LogP contribution in [0.4, 0.5) is 0 Å². The van der Waals surface area contributed by atoms with Gasteiger partial charge in [0.15, 0.2) is 11.2 Å². The van der Waals surface area contributed by atoms with Crippen molar-refractivity contribution in [1.29, 1.82) is 0 Å². The zero-order chi connectivity index (χ0) is 61.8. The molecule has 0 saturated heterocycles. The highest BCUT2D eigenvalue weighted by molar-refractivity contribution is 7.26. The molecule has 0 unspecified atom stereocenters. The number of hydrogen-bond acceptors (Lipinski definition) is 4. The summed E-state index contributed by atoms with van der Waals surface area (Å²) in [6, 6.07) is 117. The lowest BCUT2D eigenvalue weighted by atomic mass is 9.95. The Morgan fingerprint density at radius 3 is 1.14 bits per heavy atom. The Balaban J connectivity index is 0.000000133. The van der Waals surface area contributed by atoms with Gasteiger partial charge in [-0.05, 0) is 134 Å². The molecule has 0 aliphatic rings. The molecule has 0 amide bonds. The van der Waals surface area contributed by atoms with Crippen LogP contribution in [-0.2, 0) is 0 Å². The van der Waals surface area contributed by atoms with Gasteiger partial charge in [-0.15, -0.1) is 22.7 Å². The zero-order valence-corrected chi connectivity index (χ0v) is 52.3. The number of rotatable bonds is 8. The number of benzene rings is 14. The van der Waals surface area contributed by atoms with Crippen molar-refractivity contribution in [3.05, 3.63) is 328 Å². The molecule has 6 aromatic heterocycles. The third kappa shape index (κ3) is 8.65. The van der Waals surface area contributed by atoms with E-state index in [4.69, 9.17) is 8.83 Å². The van der Waals surface area contributed by atoms with Crippen molar-refractivity contribution < 1.29 is 8.83 Å². The highest BCUT2D eigenvalue weighted by Crippen LogP contribution is 2.48. The Kier molecular flexibility index (Phi) is 12.6. The Morgan fingerprint density at radius 1 is 0.223 bits per heavy atom. The van der Waals surface area contributed by atoms with E-state index >= 15 is 0 Å². The van der Waals surface area contributed by atoms with Crippen LogP contribution in [0.1, 0.15) is 0 Å². The van der Waals surface area contributed by atoms with Gasteiger partial charge in [-0.1, -0.05) is 249 Å². The van der Waals surface area contributed by atoms with Crippen LogP contribution in [0.2, 0.25) is 0 Å². The molecule has 0 spiro atoms. The van der Waals surface area contributed by atoms with E-state index in [1.165, 1.54) is 84.9 Å². The lowest BCUT2D eigenvalue weighted by Crippen LogP contribution is -1.92. The van der Waals surface area contributed by atoms with E-state index in [0.717, 1.165) is 99.6 Å². The van der Waals surface area contributed by atoms with Crippen LogP contribution < -0.4 is 0 Å². The van der Waals surface area contributed by atoms with E-state index in [0.29, 0.717) is 0 Å². The maximum absolute atomic E-state index is 6.79.